The molecule has 1 aliphatic carbocycles. The van der Waals surface area contributed by atoms with Crippen molar-refractivity contribution in [1.82, 2.24) is 10.2 Å². The number of nitrogens with one attached hydrogen (secondary N) is 1. The van der Waals surface area contributed by atoms with Crippen LogP contribution in [-0.2, 0) is 0 Å². The number of nitrogens with zero attached hydrogens (tertiary/aromatic N) is 1. The molecule has 0 bridgehead atoms. The average Bonchev–Trinajstić information content (AvgIpc) is 2.67. The summed E-state index contributed by atoms with van der Waals surface area (Å²) >= 11 is 0. The molecule has 0 spiro atoms. The second kappa shape index (κ2) is 8.38. The van der Waals surface area contributed by atoms with Crippen LogP contribution in [0, 0.1) is 17.8 Å². The van der Waals surface area contributed by atoms with Crippen molar-refractivity contribution >= 4 is 0 Å². The van der Waals surface area contributed by atoms with E-state index in [9.17, 15) is 0 Å². The van der Waals surface area contributed by atoms with E-state index in [2.05, 4.69) is 31.0 Å². The van der Waals surface area contributed by atoms with Gasteiger partial charge in [-0.05, 0) is 75.9 Å². The largest absolute Gasteiger partial charge is 0.314 e. The maximum absolute atomic E-state index is 3.75. The molecule has 0 aromatic heterocycles. The minimum Gasteiger partial charge on any atom is -0.314 e. The van der Waals surface area contributed by atoms with Gasteiger partial charge in [-0.1, -0.05) is 27.2 Å². The zero-order valence-corrected chi connectivity index (χ0v) is 14.0. The van der Waals surface area contributed by atoms with Crippen molar-refractivity contribution in [2.45, 2.75) is 71.8 Å². The minimum absolute atomic E-state index is 0.779. The first-order valence-electron chi connectivity index (χ1n) is 9.18. The summed E-state index contributed by atoms with van der Waals surface area (Å²) in [4.78, 5) is 2.78. The molecule has 0 aromatic rings. The van der Waals surface area contributed by atoms with E-state index in [0.717, 1.165) is 30.3 Å². The van der Waals surface area contributed by atoms with Gasteiger partial charge in [-0.2, -0.15) is 0 Å². The minimum atomic E-state index is 0.779. The lowest BCUT2D eigenvalue weighted by atomic mass is 9.78. The van der Waals surface area contributed by atoms with Crippen molar-refractivity contribution in [1.29, 1.82) is 0 Å². The summed E-state index contributed by atoms with van der Waals surface area (Å²) in [7, 11) is 0. The molecule has 0 radical (unpaired) electrons. The molecule has 2 fully saturated rings. The Hall–Kier alpha value is -0.0800. The van der Waals surface area contributed by atoms with E-state index in [1.54, 1.807) is 0 Å². The van der Waals surface area contributed by atoms with Crippen molar-refractivity contribution < 1.29 is 0 Å². The molecule has 2 rings (SSSR count). The van der Waals surface area contributed by atoms with Gasteiger partial charge in [0, 0.05) is 12.6 Å². The van der Waals surface area contributed by atoms with Crippen LogP contribution in [0.15, 0.2) is 0 Å². The van der Waals surface area contributed by atoms with Gasteiger partial charge in [-0.25, -0.2) is 0 Å². The van der Waals surface area contributed by atoms with Crippen LogP contribution in [0.2, 0.25) is 0 Å². The summed E-state index contributed by atoms with van der Waals surface area (Å²) in [5.41, 5.74) is 0. The zero-order chi connectivity index (χ0) is 14.4. The smallest absolute Gasteiger partial charge is 0.0108 e. The zero-order valence-electron chi connectivity index (χ0n) is 14.0. The Bertz CT molecular complexity index is 266. The van der Waals surface area contributed by atoms with Crippen LogP contribution < -0.4 is 5.32 Å². The topological polar surface area (TPSA) is 15.3 Å². The van der Waals surface area contributed by atoms with Gasteiger partial charge in [0.1, 0.15) is 0 Å². The first-order valence-corrected chi connectivity index (χ1v) is 9.18. The van der Waals surface area contributed by atoms with Crippen LogP contribution in [0.4, 0.5) is 0 Å². The lowest BCUT2D eigenvalue weighted by Crippen LogP contribution is -2.45. The summed E-state index contributed by atoms with van der Waals surface area (Å²) in [6, 6.07) is 0.779. The molecular formula is C18H36N2. The van der Waals surface area contributed by atoms with Gasteiger partial charge in [-0.15, -0.1) is 0 Å². The van der Waals surface area contributed by atoms with Gasteiger partial charge in [-0.3, -0.25) is 0 Å². The highest BCUT2D eigenvalue weighted by Gasteiger charge is 2.29. The van der Waals surface area contributed by atoms with E-state index in [4.69, 9.17) is 0 Å². The standard InChI is InChI=1S/C18H36N2/c1-4-16-7-6-11-20(12-10-16)14-17-13-15(3)8-9-18(17)19-5-2/h15-19H,4-14H2,1-3H3. The fourth-order valence-corrected chi connectivity index (χ4v) is 4.38. The van der Waals surface area contributed by atoms with Gasteiger partial charge in [0.2, 0.25) is 0 Å². The third-order valence-corrected chi connectivity index (χ3v) is 5.72. The molecule has 0 aromatic carbocycles. The van der Waals surface area contributed by atoms with Crippen LogP contribution in [0.5, 0.6) is 0 Å². The third-order valence-electron chi connectivity index (χ3n) is 5.72. The van der Waals surface area contributed by atoms with Gasteiger partial charge in [0.15, 0.2) is 0 Å². The molecule has 4 atom stereocenters. The SMILES string of the molecule is CCNC1CCC(C)CC1CN1CCCC(CC)CC1. The van der Waals surface area contributed by atoms with E-state index in [1.165, 1.54) is 64.6 Å². The molecule has 20 heavy (non-hydrogen) atoms. The van der Waals surface area contributed by atoms with Crippen molar-refractivity contribution in [3.8, 4) is 0 Å². The molecule has 1 heterocycles. The third kappa shape index (κ3) is 4.73. The Kier molecular flexibility index (Phi) is 6.83. The van der Waals surface area contributed by atoms with Crippen molar-refractivity contribution in [2.75, 3.05) is 26.2 Å². The summed E-state index contributed by atoms with van der Waals surface area (Å²) < 4.78 is 0. The molecule has 4 unspecified atom stereocenters. The lowest BCUT2D eigenvalue weighted by Gasteiger charge is -2.38. The van der Waals surface area contributed by atoms with Gasteiger partial charge in [0.05, 0.1) is 0 Å². The summed E-state index contributed by atoms with van der Waals surface area (Å²) in [6.45, 7) is 12.2. The quantitative estimate of drug-likeness (QED) is 0.821. The second-order valence-electron chi connectivity index (χ2n) is 7.35. The summed E-state index contributed by atoms with van der Waals surface area (Å²) in [5, 5.41) is 3.75. The fourth-order valence-electron chi connectivity index (χ4n) is 4.38. The highest BCUT2D eigenvalue weighted by Crippen LogP contribution is 2.30. The van der Waals surface area contributed by atoms with Crippen LogP contribution in [0.25, 0.3) is 0 Å². The van der Waals surface area contributed by atoms with Gasteiger partial charge >= 0.3 is 0 Å². The monoisotopic (exact) mass is 280 g/mol. The highest BCUT2D eigenvalue weighted by atomic mass is 15.1. The average molecular weight is 280 g/mol. The molecule has 1 N–H and O–H groups in total. The molecule has 1 aliphatic heterocycles. The summed E-state index contributed by atoms with van der Waals surface area (Å²) in [6.07, 6.45) is 9.96. The molecule has 2 heteroatoms. The normalized spacial score (nSPS) is 36.8. The van der Waals surface area contributed by atoms with Crippen LogP contribution in [0.3, 0.4) is 0 Å². The van der Waals surface area contributed by atoms with Crippen molar-refractivity contribution in [3.63, 3.8) is 0 Å². The Morgan fingerprint density at radius 3 is 2.65 bits per heavy atom. The molecular weight excluding hydrogens is 244 g/mol. The number of hydrogen-bond acceptors (Lipinski definition) is 2. The second-order valence-corrected chi connectivity index (χ2v) is 7.35. The Balaban J connectivity index is 1.85. The Morgan fingerprint density at radius 2 is 1.90 bits per heavy atom. The lowest BCUT2D eigenvalue weighted by molar-refractivity contribution is 0.147. The van der Waals surface area contributed by atoms with Crippen LogP contribution >= 0.6 is 0 Å². The Morgan fingerprint density at radius 1 is 1.05 bits per heavy atom. The van der Waals surface area contributed by atoms with E-state index in [1.807, 2.05) is 0 Å². The van der Waals surface area contributed by atoms with Crippen LogP contribution in [0.1, 0.15) is 65.7 Å². The molecule has 1 saturated heterocycles. The van der Waals surface area contributed by atoms with Crippen molar-refractivity contribution in [3.05, 3.63) is 0 Å². The molecule has 0 amide bonds. The number of likely N-dealkylation sites (tertiary alicyclic amines) is 1. The molecule has 2 nitrogen and oxygen atoms in total. The maximum atomic E-state index is 3.75. The highest BCUT2D eigenvalue weighted by molar-refractivity contribution is 4.86. The maximum Gasteiger partial charge on any atom is 0.0108 e. The van der Waals surface area contributed by atoms with E-state index < -0.39 is 0 Å². The predicted molar refractivity (Wildman–Crippen MR) is 88.0 cm³/mol. The Labute approximate surface area is 126 Å². The number of hydrogen-bond donors (Lipinski definition) is 1. The van der Waals surface area contributed by atoms with Crippen molar-refractivity contribution in [2.24, 2.45) is 17.8 Å². The van der Waals surface area contributed by atoms with E-state index in [-0.39, 0.29) is 0 Å². The molecule has 118 valence electrons. The van der Waals surface area contributed by atoms with Crippen LogP contribution in [-0.4, -0.2) is 37.1 Å². The first-order chi connectivity index (χ1) is 9.72. The van der Waals surface area contributed by atoms with Gasteiger partial charge in [0.25, 0.3) is 0 Å². The predicted octanol–water partition coefficient (Wildman–Crippen LogP) is 3.91. The fraction of sp³-hybridized carbons (Fsp3) is 1.00. The molecule has 1 saturated carbocycles. The summed E-state index contributed by atoms with van der Waals surface area (Å²) in [5.74, 6) is 2.82. The van der Waals surface area contributed by atoms with Gasteiger partial charge < -0.3 is 10.2 Å². The number of rotatable bonds is 5. The van der Waals surface area contributed by atoms with E-state index >= 15 is 0 Å². The first kappa shape index (κ1) is 16.3. The van der Waals surface area contributed by atoms with E-state index in [0.29, 0.717) is 0 Å². The molecule has 2 aliphatic rings.